The highest BCUT2D eigenvalue weighted by Crippen LogP contribution is 2.12. The molecule has 1 rings (SSSR count). The van der Waals surface area contributed by atoms with Crippen molar-refractivity contribution in [3.63, 3.8) is 0 Å². The summed E-state index contributed by atoms with van der Waals surface area (Å²) in [6.45, 7) is 16.1. The molecule has 0 amide bonds. The minimum atomic E-state index is 1.16. The first-order chi connectivity index (χ1) is 14.4. The van der Waals surface area contributed by atoms with Crippen LogP contribution in [0.1, 0.15) is 103 Å². The van der Waals surface area contributed by atoms with Crippen molar-refractivity contribution in [1.82, 2.24) is 15.1 Å². The van der Waals surface area contributed by atoms with Gasteiger partial charge in [-0.3, -0.25) is 0 Å². The second kappa shape index (κ2) is 20.9. The monoisotopic (exact) mass is 407 g/mol. The Morgan fingerprint density at radius 3 is 1.83 bits per heavy atom. The number of nitrogens with zero attached hydrogens (tertiary/aromatic N) is 2. The van der Waals surface area contributed by atoms with Gasteiger partial charge in [0.1, 0.15) is 0 Å². The van der Waals surface area contributed by atoms with E-state index in [9.17, 15) is 0 Å². The summed E-state index contributed by atoms with van der Waals surface area (Å²) in [7, 11) is 0. The SMILES string of the molecule is C=CCCCN(CCCCCCCCCCCCCC)CCCN1CCNCC1. The summed E-state index contributed by atoms with van der Waals surface area (Å²) in [6, 6.07) is 0. The first kappa shape index (κ1) is 26.7. The summed E-state index contributed by atoms with van der Waals surface area (Å²) in [5, 5.41) is 3.45. The third-order valence-corrected chi connectivity index (χ3v) is 6.37. The quantitative estimate of drug-likeness (QED) is 0.179. The van der Waals surface area contributed by atoms with Crippen LogP contribution < -0.4 is 5.32 Å². The second-order valence-electron chi connectivity index (χ2n) is 9.11. The average molecular weight is 408 g/mol. The zero-order chi connectivity index (χ0) is 20.8. The third kappa shape index (κ3) is 17.0. The number of nitrogens with one attached hydrogen (secondary N) is 1. The molecule has 172 valence electrons. The van der Waals surface area contributed by atoms with Crippen LogP contribution in [-0.4, -0.2) is 62.2 Å². The summed E-state index contributed by atoms with van der Waals surface area (Å²) in [5.74, 6) is 0. The zero-order valence-electron chi connectivity index (χ0n) is 19.9. The molecular formula is C26H53N3. The van der Waals surface area contributed by atoms with Crippen LogP contribution in [0.5, 0.6) is 0 Å². The van der Waals surface area contributed by atoms with Gasteiger partial charge in [0.05, 0.1) is 0 Å². The standard InChI is InChI=1S/C26H53N3/c1-3-5-7-8-9-10-11-12-13-14-15-17-22-28(21-16-6-4-2)23-18-24-29-25-19-27-20-26-29/h4,27H,2-3,5-26H2,1H3. The summed E-state index contributed by atoms with van der Waals surface area (Å²) in [6.07, 6.45) is 23.1. The van der Waals surface area contributed by atoms with Crippen LogP contribution in [0.3, 0.4) is 0 Å². The molecule has 1 saturated heterocycles. The Morgan fingerprint density at radius 1 is 0.724 bits per heavy atom. The molecule has 0 aromatic carbocycles. The van der Waals surface area contributed by atoms with Gasteiger partial charge in [-0.1, -0.05) is 83.6 Å². The summed E-state index contributed by atoms with van der Waals surface area (Å²) in [4.78, 5) is 5.35. The van der Waals surface area contributed by atoms with Gasteiger partial charge in [-0.25, -0.2) is 0 Å². The Kier molecular flexibility index (Phi) is 19.2. The lowest BCUT2D eigenvalue weighted by Crippen LogP contribution is -2.44. The molecular weight excluding hydrogens is 354 g/mol. The number of piperazine rings is 1. The van der Waals surface area contributed by atoms with Gasteiger partial charge in [0.15, 0.2) is 0 Å². The molecule has 3 heteroatoms. The lowest BCUT2D eigenvalue weighted by molar-refractivity contribution is 0.207. The van der Waals surface area contributed by atoms with Crippen molar-refractivity contribution in [2.24, 2.45) is 0 Å². The molecule has 0 aliphatic carbocycles. The highest BCUT2D eigenvalue weighted by atomic mass is 15.2. The van der Waals surface area contributed by atoms with Crippen molar-refractivity contribution in [3.8, 4) is 0 Å². The Bertz CT molecular complexity index is 339. The third-order valence-electron chi connectivity index (χ3n) is 6.37. The maximum absolute atomic E-state index is 3.89. The Morgan fingerprint density at radius 2 is 1.24 bits per heavy atom. The van der Waals surface area contributed by atoms with Crippen LogP contribution in [0.25, 0.3) is 0 Å². The van der Waals surface area contributed by atoms with E-state index in [-0.39, 0.29) is 0 Å². The average Bonchev–Trinajstić information content (AvgIpc) is 2.75. The minimum absolute atomic E-state index is 1.16. The smallest absolute Gasteiger partial charge is 0.0107 e. The molecule has 0 unspecified atom stereocenters. The zero-order valence-corrected chi connectivity index (χ0v) is 19.9. The molecule has 0 aromatic rings. The lowest BCUT2D eigenvalue weighted by Gasteiger charge is -2.28. The van der Waals surface area contributed by atoms with Crippen molar-refractivity contribution < 1.29 is 0 Å². The van der Waals surface area contributed by atoms with Crippen LogP contribution in [-0.2, 0) is 0 Å². The maximum Gasteiger partial charge on any atom is 0.0107 e. The fraction of sp³-hybridized carbons (Fsp3) is 0.923. The first-order valence-electron chi connectivity index (χ1n) is 13.1. The molecule has 0 aromatic heterocycles. The first-order valence-corrected chi connectivity index (χ1v) is 13.1. The van der Waals surface area contributed by atoms with Crippen LogP contribution in [0.2, 0.25) is 0 Å². The second-order valence-corrected chi connectivity index (χ2v) is 9.11. The molecule has 1 aliphatic heterocycles. The molecule has 0 saturated carbocycles. The van der Waals surface area contributed by atoms with Crippen LogP contribution >= 0.6 is 0 Å². The molecule has 29 heavy (non-hydrogen) atoms. The summed E-state index contributed by atoms with van der Waals surface area (Å²) in [5.41, 5.74) is 0. The fourth-order valence-electron chi connectivity index (χ4n) is 4.42. The molecule has 0 atom stereocenters. The van der Waals surface area contributed by atoms with Gasteiger partial charge < -0.3 is 15.1 Å². The maximum atomic E-state index is 3.89. The van der Waals surface area contributed by atoms with Gasteiger partial charge in [0.2, 0.25) is 0 Å². The molecule has 1 N–H and O–H groups in total. The van der Waals surface area contributed by atoms with Gasteiger partial charge in [0, 0.05) is 26.2 Å². The van der Waals surface area contributed by atoms with E-state index in [2.05, 4.69) is 34.7 Å². The predicted octanol–water partition coefficient (Wildman–Crippen LogP) is 6.25. The number of allylic oxidation sites excluding steroid dienone is 1. The van der Waals surface area contributed by atoms with E-state index in [1.54, 1.807) is 0 Å². The number of unbranched alkanes of at least 4 members (excludes halogenated alkanes) is 12. The molecule has 1 heterocycles. The number of hydrogen-bond acceptors (Lipinski definition) is 3. The van der Waals surface area contributed by atoms with Gasteiger partial charge in [-0.2, -0.15) is 0 Å². The predicted molar refractivity (Wildman–Crippen MR) is 131 cm³/mol. The fourth-order valence-corrected chi connectivity index (χ4v) is 4.42. The molecule has 0 radical (unpaired) electrons. The van der Waals surface area contributed by atoms with Crippen molar-refractivity contribution in [1.29, 1.82) is 0 Å². The summed E-state index contributed by atoms with van der Waals surface area (Å²) < 4.78 is 0. The minimum Gasteiger partial charge on any atom is -0.314 e. The molecule has 0 bridgehead atoms. The van der Waals surface area contributed by atoms with E-state index in [1.807, 2.05) is 0 Å². The van der Waals surface area contributed by atoms with Crippen molar-refractivity contribution in [3.05, 3.63) is 12.7 Å². The molecule has 1 aliphatic rings. The van der Waals surface area contributed by atoms with E-state index in [1.165, 1.54) is 142 Å². The largest absolute Gasteiger partial charge is 0.314 e. The van der Waals surface area contributed by atoms with E-state index < -0.39 is 0 Å². The van der Waals surface area contributed by atoms with Gasteiger partial charge >= 0.3 is 0 Å². The van der Waals surface area contributed by atoms with E-state index in [0.717, 1.165) is 6.42 Å². The lowest BCUT2D eigenvalue weighted by atomic mass is 10.1. The van der Waals surface area contributed by atoms with Crippen molar-refractivity contribution in [2.75, 3.05) is 52.4 Å². The van der Waals surface area contributed by atoms with Crippen molar-refractivity contribution >= 4 is 0 Å². The van der Waals surface area contributed by atoms with Crippen LogP contribution in [0.4, 0.5) is 0 Å². The van der Waals surface area contributed by atoms with Crippen LogP contribution in [0, 0.1) is 0 Å². The van der Waals surface area contributed by atoms with Gasteiger partial charge in [-0.05, 0) is 51.9 Å². The number of hydrogen-bond donors (Lipinski definition) is 1. The van der Waals surface area contributed by atoms with E-state index in [0.29, 0.717) is 0 Å². The number of rotatable bonds is 21. The highest BCUT2D eigenvalue weighted by molar-refractivity contribution is 4.70. The Labute approximate surface area is 183 Å². The van der Waals surface area contributed by atoms with E-state index >= 15 is 0 Å². The highest BCUT2D eigenvalue weighted by Gasteiger charge is 2.10. The molecule has 3 nitrogen and oxygen atoms in total. The Balaban J connectivity index is 1.99. The normalized spacial score (nSPS) is 15.2. The molecule has 0 spiro atoms. The Hall–Kier alpha value is -0.380. The summed E-state index contributed by atoms with van der Waals surface area (Å²) >= 11 is 0. The van der Waals surface area contributed by atoms with Gasteiger partial charge in [-0.15, -0.1) is 6.58 Å². The van der Waals surface area contributed by atoms with Crippen molar-refractivity contribution in [2.45, 2.75) is 103 Å². The topological polar surface area (TPSA) is 18.5 Å². The van der Waals surface area contributed by atoms with Gasteiger partial charge in [0.25, 0.3) is 0 Å². The van der Waals surface area contributed by atoms with E-state index in [4.69, 9.17) is 0 Å². The molecule has 1 fully saturated rings. The van der Waals surface area contributed by atoms with Crippen LogP contribution in [0.15, 0.2) is 12.7 Å².